The van der Waals surface area contributed by atoms with E-state index in [4.69, 9.17) is 16.6 Å². The third-order valence-corrected chi connectivity index (χ3v) is 7.74. The van der Waals surface area contributed by atoms with Crippen LogP contribution in [-0.4, -0.2) is 56.6 Å². The number of benzene rings is 2. The summed E-state index contributed by atoms with van der Waals surface area (Å²) < 4.78 is 29.6. The molecule has 4 heterocycles. The first-order valence-corrected chi connectivity index (χ1v) is 14.0. The van der Waals surface area contributed by atoms with Gasteiger partial charge in [0.25, 0.3) is 5.91 Å². The van der Waals surface area contributed by atoms with Gasteiger partial charge < -0.3 is 15.5 Å². The number of hydrogen-bond donors (Lipinski definition) is 2. The number of aliphatic imine (C=N–C) groups is 1. The summed E-state index contributed by atoms with van der Waals surface area (Å²) in [4.78, 5) is 33.0. The fourth-order valence-electron chi connectivity index (χ4n) is 5.10. The smallest absolute Gasteiger partial charge is 0.273 e. The summed E-state index contributed by atoms with van der Waals surface area (Å²) >= 11 is 7.58. The van der Waals surface area contributed by atoms with Gasteiger partial charge in [-0.2, -0.15) is 0 Å². The highest BCUT2D eigenvalue weighted by molar-refractivity contribution is 7.14. The molecule has 8 nitrogen and oxygen atoms in total. The fourth-order valence-corrected chi connectivity index (χ4v) is 5.95. The van der Waals surface area contributed by atoms with E-state index >= 15 is 0 Å². The number of carbonyl (C=O) groups excluding carboxylic acids is 1. The predicted octanol–water partition coefficient (Wildman–Crippen LogP) is 5.45. The van der Waals surface area contributed by atoms with Crippen LogP contribution in [0.5, 0.6) is 0 Å². The average molecular weight is 580 g/mol. The molecule has 6 rings (SSSR count). The summed E-state index contributed by atoms with van der Waals surface area (Å²) in [6.07, 6.45) is 1.62. The summed E-state index contributed by atoms with van der Waals surface area (Å²) in [5.41, 5.74) is 2.59. The van der Waals surface area contributed by atoms with Gasteiger partial charge in [0.05, 0.1) is 23.5 Å². The van der Waals surface area contributed by atoms with E-state index in [1.165, 1.54) is 29.5 Å². The summed E-state index contributed by atoms with van der Waals surface area (Å²) in [5.74, 6) is -1.30. The number of thiazole rings is 1. The number of nitrogens with one attached hydrogen (secondary N) is 2. The normalized spacial score (nSPS) is 18.4. The Morgan fingerprint density at radius 1 is 1.10 bits per heavy atom. The molecular weight excluding hydrogens is 556 g/mol. The zero-order valence-corrected chi connectivity index (χ0v) is 23.2. The first-order chi connectivity index (χ1) is 19.3. The molecule has 0 bridgehead atoms. The average Bonchev–Trinajstić information content (AvgIpc) is 3.32. The third kappa shape index (κ3) is 5.07. The Kier molecular flexibility index (Phi) is 7.03. The molecule has 2 unspecified atom stereocenters. The Labute approximate surface area is 238 Å². The van der Waals surface area contributed by atoms with E-state index in [0.717, 1.165) is 0 Å². The van der Waals surface area contributed by atoms with E-state index in [0.29, 0.717) is 51.3 Å². The standard InChI is InChI=1S/C28H24ClF2N7OS/c1-14-11-38(12-15(2)34-14)26(39)22-13-40-28(35-22)37-27-33-10-16-9-32-25(23-20(30)4-3-5-21(23)31)19-8-17(29)6-7-18(19)24(16)36-27/h3-8,10,13-15,34H,9,11-12H2,1-2H3,(H,33,35,36,37). The van der Waals surface area contributed by atoms with E-state index in [1.54, 1.807) is 29.8 Å². The van der Waals surface area contributed by atoms with Crippen molar-refractivity contribution in [1.82, 2.24) is 25.2 Å². The molecule has 12 heteroatoms. The van der Waals surface area contributed by atoms with Gasteiger partial charge in [-0.05, 0) is 38.1 Å². The van der Waals surface area contributed by atoms with Crippen LogP contribution in [0.4, 0.5) is 19.9 Å². The summed E-state index contributed by atoms with van der Waals surface area (Å²) in [6, 6.07) is 9.18. The van der Waals surface area contributed by atoms with Crippen molar-refractivity contribution in [3.8, 4) is 11.3 Å². The maximum atomic E-state index is 14.8. The van der Waals surface area contributed by atoms with E-state index in [-0.39, 0.29) is 41.8 Å². The monoisotopic (exact) mass is 579 g/mol. The highest BCUT2D eigenvalue weighted by Gasteiger charge is 2.28. The maximum absolute atomic E-state index is 14.8. The van der Waals surface area contributed by atoms with E-state index in [1.807, 2.05) is 18.7 Å². The molecule has 0 radical (unpaired) electrons. The highest BCUT2D eigenvalue weighted by atomic mass is 35.5. The van der Waals surface area contributed by atoms with Crippen LogP contribution in [0.3, 0.4) is 0 Å². The number of aromatic nitrogens is 3. The molecule has 0 saturated carbocycles. The molecule has 2 aliphatic heterocycles. The van der Waals surface area contributed by atoms with Crippen molar-refractivity contribution in [2.24, 2.45) is 4.99 Å². The van der Waals surface area contributed by atoms with Gasteiger partial charge in [0.15, 0.2) is 5.13 Å². The topological polar surface area (TPSA) is 95.4 Å². The molecule has 2 aromatic heterocycles. The number of nitrogens with zero attached hydrogens (tertiary/aromatic N) is 5. The van der Waals surface area contributed by atoms with Gasteiger partial charge in [0.2, 0.25) is 5.95 Å². The molecule has 1 fully saturated rings. The van der Waals surface area contributed by atoms with Gasteiger partial charge in [-0.3, -0.25) is 9.79 Å². The number of amides is 1. The van der Waals surface area contributed by atoms with Crippen LogP contribution in [0, 0.1) is 11.6 Å². The number of piperazine rings is 1. The van der Waals surface area contributed by atoms with Crippen LogP contribution in [-0.2, 0) is 6.54 Å². The number of fused-ring (bicyclic) bond motifs is 3. The number of rotatable bonds is 4. The molecule has 2 atom stereocenters. The molecule has 40 heavy (non-hydrogen) atoms. The molecule has 0 spiro atoms. The molecular formula is C28H24ClF2N7OS. The van der Waals surface area contributed by atoms with Crippen molar-refractivity contribution in [2.45, 2.75) is 32.5 Å². The van der Waals surface area contributed by atoms with Crippen LogP contribution in [0.2, 0.25) is 5.02 Å². The Morgan fingerprint density at radius 2 is 1.85 bits per heavy atom. The Bertz CT molecular complexity index is 1630. The maximum Gasteiger partial charge on any atom is 0.273 e. The first-order valence-electron chi connectivity index (χ1n) is 12.7. The Morgan fingerprint density at radius 3 is 2.60 bits per heavy atom. The Hall–Kier alpha value is -3.80. The lowest BCUT2D eigenvalue weighted by atomic mass is 9.95. The van der Waals surface area contributed by atoms with Crippen molar-refractivity contribution < 1.29 is 13.6 Å². The van der Waals surface area contributed by atoms with Crippen LogP contribution >= 0.6 is 22.9 Å². The zero-order valence-electron chi connectivity index (χ0n) is 21.6. The minimum absolute atomic E-state index is 0.114. The number of halogens is 3. The van der Waals surface area contributed by atoms with Gasteiger partial charge >= 0.3 is 0 Å². The summed E-state index contributed by atoms with van der Waals surface area (Å²) in [7, 11) is 0. The van der Waals surface area contributed by atoms with Gasteiger partial charge in [-0.1, -0.05) is 23.7 Å². The van der Waals surface area contributed by atoms with Gasteiger partial charge in [0, 0.05) is 58.5 Å². The lowest BCUT2D eigenvalue weighted by Crippen LogP contribution is -2.55. The van der Waals surface area contributed by atoms with Crippen molar-refractivity contribution >= 4 is 45.6 Å². The zero-order chi connectivity index (χ0) is 28.0. The molecule has 0 aliphatic carbocycles. The molecule has 1 amide bonds. The molecule has 2 aliphatic rings. The molecule has 204 valence electrons. The number of carbonyl (C=O) groups is 1. The summed E-state index contributed by atoms with van der Waals surface area (Å²) in [6.45, 7) is 5.44. The first kappa shape index (κ1) is 26.4. The van der Waals surface area contributed by atoms with Crippen molar-refractivity contribution in [3.05, 3.63) is 87.0 Å². The second kappa shape index (κ2) is 10.6. The van der Waals surface area contributed by atoms with Gasteiger partial charge in [0.1, 0.15) is 17.3 Å². The second-order valence-corrected chi connectivity index (χ2v) is 11.2. The van der Waals surface area contributed by atoms with Gasteiger partial charge in [-0.25, -0.2) is 23.7 Å². The minimum atomic E-state index is -0.720. The Balaban J connectivity index is 1.31. The van der Waals surface area contributed by atoms with E-state index < -0.39 is 11.6 Å². The SMILES string of the molecule is CC1CN(C(=O)c2csc(Nc3ncc4c(n3)-c3ccc(Cl)cc3C(c3c(F)cccc3F)=NC4)n2)CC(C)N1. The van der Waals surface area contributed by atoms with E-state index in [9.17, 15) is 13.6 Å². The van der Waals surface area contributed by atoms with Crippen molar-refractivity contribution in [3.63, 3.8) is 0 Å². The number of hydrogen-bond acceptors (Lipinski definition) is 8. The molecule has 2 aromatic carbocycles. The van der Waals surface area contributed by atoms with Crippen LogP contribution in [0.1, 0.15) is 41.0 Å². The minimum Gasteiger partial charge on any atom is -0.334 e. The number of anilines is 2. The largest absolute Gasteiger partial charge is 0.334 e. The lowest BCUT2D eigenvalue weighted by molar-refractivity contribution is 0.0669. The van der Waals surface area contributed by atoms with Crippen molar-refractivity contribution in [1.29, 1.82) is 0 Å². The third-order valence-electron chi connectivity index (χ3n) is 6.75. The molecule has 2 N–H and O–H groups in total. The van der Waals surface area contributed by atoms with E-state index in [2.05, 4.69) is 25.6 Å². The van der Waals surface area contributed by atoms with Crippen LogP contribution in [0.15, 0.2) is 53.0 Å². The van der Waals surface area contributed by atoms with Crippen molar-refractivity contribution in [2.75, 3.05) is 18.4 Å². The highest BCUT2D eigenvalue weighted by Crippen LogP contribution is 2.35. The quantitative estimate of drug-likeness (QED) is 0.334. The van der Waals surface area contributed by atoms with Gasteiger partial charge in [-0.15, -0.1) is 11.3 Å². The second-order valence-electron chi connectivity index (χ2n) is 9.86. The van der Waals surface area contributed by atoms with Crippen LogP contribution in [0.25, 0.3) is 11.3 Å². The molecule has 1 saturated heterocycles. The molecule has 4 aromatic rings. The fraction of sp³-hybridized carbons (Fsp3) is 0.250. The summed E-state index contributed by atoms with van der Waals surface area (Å²) in [5, 5.41) is 9.09. The lowest BCUT2D eigenvalue weighted by Gasteiger charge is -2.35. The van der Waals surface area contributed by atoms with Crippen LogP contribution < -0.4 is 10.6 Å². The predicted molar refractivity (Wildman–Crippen MR) is 152 cm³/mol.